The highest BCUT2D eigenvalue weighted by molar-refractivity contribution is 9.10. The number of esters is 1. The molecule has 4 aliphatic heterocycles. The second kappa shape index (κ2) is 38.1. The van der Waals surface area contributed by atoms with Crippen molar-refractivity contribution in [2.75, 3.05) is 59.0 Å². The average molecular weight is 1550 g/mol. The van der Waals surface area contributed by atoms with Crippen molar-refractivity contribution in [1.82, 2.24) is 19.6 Å². The number of benzene rings is 4. The number of likely N-dealkylation sites (tertiary alicyclic amines) is 4. The molecule has 4 amide bonds. The van der Waals surface area contributed by atoms with Gasteiger partial charge in [0, 0.05) is 68.0 Å². The fraction of sp³-hybridized carbons (Fsp3) is 0.540. The van der Waals surface area contributed by atoms with E-state index in [9.17, 15) is 49.8 Å². The Balaban J connectivity index is 0.000000261. The van der Waals surface area contributed by atoms with Gasteiger partial charge in [-0.25, -0.2) is 24.0 Å². The van der Waals surface area contributed by atoms with Crippen LogP contribution in [0.15, 0.2) is 108 Å². The number of piperidine rings is 4. The Hall–Kier alpha value is -9.38. The summed E-state index contributed by atoms with van der Waals surface area (Å²) in [7, 11) is -1.78. The maximum atomic E-state index is 12.4. The summed E-state index contributed by atoms with van der Waals surface area (Å²) in [6, 6.07) is 40.8. The van der Waals surface area contributed by atoms with Crippen molar-refractivity contribution >= 4 is 66.2 Å². The Bertz CT molecular complexity index is 4020. The molecule has 0 spiro atoms. The number of amides is 4. The third-order valence-electron chi connectivity index (χ3n) is 20.0. The standard InChI is InChI=1S/C28H42N2O2Si.C23H28N2O5.C19H22N2O2.C17H21BrN2O2/c1-21(2)33(22(3)4,23(5)6)19-14-24-10-12-25(13-11-24)28(20-29)15-17-30(18-16-28)26(31)32-27(7,8)9;1-5-29-20(27)19(26)11-8-17-6-9-18(10-7-17)23(16-24)12-14-25(15-13-23)21(28)30-22(2,3)4;1-5-15-6-8-16(9-7-15)19(14-20)10-12-21(13-11-19)17(22)23-18(2,3)4;1-16(2,3)22-15(21)20-10-8-17(12-19,9-11-20)13-4-6-14(18)7-5-13/h10-13,21-23H,15-18H2,1-9H3;6-11H,5,12-15H2,1-4H3;1,6-9H,10-13H2,2-4H3;4-7H,8-11H2,1-3H3/b;11-8+;;. The number of ketones is 1. The topological polar surface area (TPSA) is 257 Å². The van der Waals surface area contributed by atoms with Crippen LogP contribution in [0.2, 0.25) is 16.6 Å². The maximum absolute atomic E-state index is 12.4. The first-order chi connectivity index (χ1) is 50.4. The number of nitrogens with zero attached hydrogens (tertiary/aromatic N) is 8. The summed E-state index contributed by atoms with van der Waals surface area (Å²) in [4.78, 5) is 78.6. The van der Waals surface area contributed by atoms with E-state index in [0.717, 1.165) is 43.4 Å². The molecular weight excluding hydrogens is 1440 g/mol. The normalized spacial score (nSPS) is 16.7. The zero-order valence-corrected chi connectivity index (χ0v) is 69.8. The number of carbonyl (C=O) groups is 6. The molecule has 19 nitrogen and oxygen atoms in total. The molecule has 0 radical (unpaired) electrons. The van der Waals surface area contributed by atoms with Crippen LogP contribution in [-0.2, 0) is 54.9 Å². The van der Waals surface area contributed by atoms with Gasteiger partial charge in [-0.15, -0.1) is 12.0 Å². The van der Waals surface area contributed by atoms with Crippen molar-refractivity contribution in [2.24, 2.45) is 0 Å². The van der Waals surface area contributed by atoms with Gasteiger partial charge in [-0.3, -0.25) is 4.79 Å². The van der Waals surface area contributed by atoms with Gasteiger partial charge in [0.25, 0.3) is 5.78 Å². The first-order valence-electron chi connectivity index (χ1n) is 37.5. The Morgan fingerprint density at radius 2 is 0.713 bits per heavy atom. The molecule has 4 saturated heterocycles. The summed E-state index contributed by atoms with van der Waals surface area (Å²) >= 11 is 3.41. The predicted molar refractivity (Wildman–Crippen MR) is 427 cm³/mol. The lowest BCUT2D eigenvalue weighted by molar-refractivity contribution is -0.151. The van der Waals surface area contributed by atoms with Crippen molar-refractivity contribution in [3.63, 3.8) is 0 Å². The molecule has 578 valence electrons. The smallest absolute Gasteiger partial charge is 0.410 e. The van der Waals surface area contributed by atoms with Gasteiger partial charge in [-0.2, -0.15) is 21.0 Å². The quantitative estimate of drug-likeness (QED) is 0.0338. The molecule has 21 heteroatoms. The highest BCUT2D eigenvalue weighted by Gasteiger charge is 2.45. The van der Waals surface area contributed by atoms with E-state index in [1.807, 2.05) is 144 Å². The van der Waals surface area contributed by atoms with Gasteiger partial charge in [0.05, 0.1) is 52.5 Å². The molecule has 0 unspecified atom stereocenters. The number of halogens is 1. The van der Waals surface area contributed by atoms with Crippen molar-refractivity contribution < 1.29 is 52.5 Å². The van der Waals surface area contributed by atoms with Crippen LogP contribution >= 0.6 is 15.9 Å². The van der Waals surface area contributed by atoms with Gasteiger partial charge in [0.2, 0.25) is 0 Å². The zero-order chi connectivity index (χ0) is 80.9. The number of hydrogen-bond acceptors (Lipinski definition) is 15. The van der Waals surface area contributed by atoms with Crippen molar-refractivity contribution in [2.45, 2.75) is 244 Å². The van der Waals surface area contributed by atoms with Crippen LogP contribution in [0.4, 0.5) is 19.2 Å². The van der Waals surface area contributed by atoms with Gasteiger partial charge < -0.3 is 43.3 Å². The second-order valence-electron chi connectivity index (χ2n) is 33.1. The lowest BCUT2D eigenvalue weighted by atomic mass is 9.74. The third kappa shape index (κ3) is 24.8. The Labute approximate surface area is 652 Å². The molecule has 4 aromatic carbocycles. The van der Waals surface area contributed by atoms with Gasteiger partial charge in [-0.05, 0) is 228 Å². The largest absolute Gasteiger partial charge is 0.460 e. The summed E-state index contributed by atoms with van der Waals surface area (Å²) in [5.74, 6) is 4.47. The number of ether oxygens (including phenoxy) is 5. The van der Waals surface area contributed by atoms with E-state index >= 15 is 0 Å². The van der Waals surface area contributed by atoms with E-state index < -0.39 is 63.9 Å². The van der Waals surface area contributed by atoms with E-state index in [0.29, 0.717) is 120 Å². The Morgan fingerprint density at radius 1 is 0.454 bits per heavy atom. The van der Waals surface area contributed by atoms with E-state index in [1.54, 1.807) is 38.7 Å². The molecule has 0 N–H and O–H groups in total. The van der Waals surface area contributed by atoms with Gasteiger partial charge in [0.1, 0.15) is 30.5 Å². The first-order valence-corrected chi connectivity index (χ1v) is 40.5. The molecule has 4 heterocycles. The van der Waals surface area contributed by atoms with Crippen LogP contribution in [0.3, 0.4) is 0 Å². The SMILES string of the molecule is C#Cc1ccc(C2(C#N)CCN(C(=O)OC(C)(C)C)CC2)cc1.CC(C)(C)OC(=O)N1CCC(C#N)(c2ccc(Br)cc2)CC1.CC(C)[Si](C#Cc1ccc(C2(C#N)CCN(C(=O)OC(C)(C)C)CC2)cc1)(C(C)C)C(C)C.CCOC(=O)C(=O)/C=C/c1ccc(C2(C#N)CCN(C(=O)OC(C)(C)C)CC2)cc1. The molecule has 4 aromatic rings. The summed E-state index contributed by atoms with van der Waals surface area (Å²) in [6.45, 7) is 42.0. The van der Waals surface area contributed by atoms with E-state index in [4.69, 9.17) is 25.4 Å². The minimum atomic E-state index is -1.78. The fourth-order valence-electron chi connectivity index (χ4n) is 13.9. The summed E-state index contributed by atoms with van der Waals surface area (Å²) < 4.78 is 27.4. The van der Waals surface area contributed by atoms with Crippen molar-refractivity contribution in [3.8, 4) is 48.1 Å². The highest BCUT2D eigenvalue weighted by Crippen LogP contribution is 2.43. The number of terminal acetylenes is 1. The van der Waals surface area contributed by atoms with E-state index in [1.165, 1.54) is 12.2 Å². The van der Waals surface area contributed by atoms with Crippen LogP contribution in [-0.4, -0.2) is 145 Å². The molecule has 0 aromatic heterocycles. The number of rotatable bonds is 11. The van der Waals surface area contributed by atoms with Crippen molar-refractivity contribution in [3.05, 3.63) is 147 Å². The lowest BCUT2D eigenvalue weighted by Crippen LogP contribution is -2.46. The molecule has 0 aliphatic carbocycles. The number of carbonyl (C=O) groups excluding carboxylic acids is 6. The minimum Gasteiger partial charge on any atom is -0.460 e. The molecule has 0 bridgehead atoms. The van der Waals surface area contributed by atoms with Crippen LogP contribution < -0.4 is 0 Å². The molecule has 108 heavy (non-hydrogen) atoms. The molecule has 8 rings (SSSR count). The lowest BCUT2D eigenvalue weighted by Gasteiger charge is -2.38. The minimum absolute atomic E-state index is 0.148. The number of nitriles is 4. The van der Waals surface area contributed by atoms with Crippen LogP contribution in [0, 0.1) is 69.1 Å². The fourth-order valence-corrected chi connectivity index (χ4v) is 19.4. The first kappa shape index (κ1) is 89.2. The number of hydrogen-bond donors (Lipinski definition) is 0. The molecule has 0 saturated carbocycles. The monoisotopic (exact) mass is 1550 g/mol. The van der Waals surface area contributed by atoms with E-state index in [2.05, 4.69) is 128 Å². The zero-order valence-electron chi connectivity index (χ0n) is 67.2. The van der Waals surface area contributed by atoms with Gasteiger partial charge in [0.15, 0.2) is 0 Å². The molecular formula is C87H113BrN8O11Si. The van der Waals surface area contributed by atoms with Crippen LogP contribution in [0.5, 0.6) is 0 Å². The van der Waals surface area contributed by atoms with Crippen LogP contribution in [0.25, 0.3) is 6.08 Å². The molecule has 4 aliphatic rings. The van der Waals surface area contributed by atoms with Crippen LogP contribution in [0.1, 0.15) is 222 Å². The van der Waals surface area contributed by atoms with E-state index in [-0.39, 0.29) is 31.0 Å². The van der Waals surface area contributed by atoms with Gasteiger partial charge in [-0.1, -0.05) is 136 Å². The Kier molecular flexibility index (Phi) is 31.5. The molecule has 4 fully saturated rings. The maximum Gasteiger partial charge on any atom is 0.410 e. The third-order valence-corrected chi connectivity index (χ3v) is 26.8. The summed E-state index contributed by atoms with van der Waals surface area (Å²) in [6.07, 6.45) is 11.5. The van der Waals surface area contributed by atoms with Crippen molar-refractivity contribution in [1.29, 1.82) is 21.0 Å². The second-order valence-corrected chi connectivity index (χ2v) is 39.6. The predicted octanol–water partition coefficient (Wildman–Crippen LogP) is 18.4. The highest BCUT2D eigenvalue weighted by atomic mass is 79.9. The average Bonchev–Trinajstić information content (AvgIpc) is 0.859. The summed E-state index contributed by atoms with van der Waals surface area (Å²) in [5.41, 5.74) is 7.56. The molecule has 0 atom stereocenters. The summed E-state index contributed by atoms with van der Waals surface area (Å²) in [5, 5.41) is 39.3. The Morgan fingerprint density at radius 3 is 0.954 bits per heavy atom. The van der Waals surface area contributed by atoms with Gasteiger partial charge >= 0.3 is 30.3 Å².